The lowest BCUT2D eigenvalue weighted by Crippen LogP contribution is -2.28. The van der Waals surface area contributed by atoms with Crippen molar-refractivity contribution in [1.82, 2.24) is 4.31 Å². The summed E-state index contributed by atoms with van der Waals surface area (Å²) in [4.78, 5) is 1.42. The molecule has 1 unspecified atom stereocenters. The number of aryl methyl sites for hydroxylation is 1. The molecule has 2 rings (SSSR count). The number of halogens is 1. The highest BCUT2D eigenvalue weighted by Crippen LogP contribution is 2.29. The third-order valence-corrected chi connectivity index (χ3v) is 6.98. The summed E-state index contributed by atoms with van der Waals surface area (Å²) in [6.45, 7) is 3.24. The minimum atomic E-state index is -3.24. The van der Waals surface area contributed by atoms with E-state index in [0.29, 0.717) is 22.1 Å². The summed E-state index contributed by atoms with van der Waals surface area (Å²) >= 11 is 4.84. The summed E-state index contributed by atoms with van der Waals surface area (Å²) in [7, 11) is -3.24. The number of thiophene rings is 1. The van der Waals surface area contributed by atoms with Gasteiger partial charge in [-0.05, 0) is 25.0 Å². The topological polar surface area (TPSA) is 37.4 Å². The van der Waals surface area contributed by atoms with Crippen molar-refractivity contribution in [3.8, 4) is 0 Å². The number of hydrogen-bond acceptors (Lipinski definition) is 3. The van der Waals surface area contributed by atoms with Gasteiger partial charge in [0.2, 0.25) is 0 Å². The summed E-state index contributed by atoms with van der Waals surface area (Å²) in [6, 6.07) is 3.62. The van der Waals surface area contributed by atoms with Crippen molar-refractivity contribution < 1.29 is 8.42 Å². The van der Waals surface area contributed by atoms with Crippen LogP contribution >= 0.6 is 27.3 Å². The molecule has 0 N–H and O–H groups in total. The predicted molar refractivity (Wildman–Crippen MR) is 69.8 cm³/mol. The van der Waals surface area contributed by atoms with E-state index in [-0.39, 0.29) is 0 Å². The van der Waals surface area contributed by atoms with E-state index < -0.39 is 10.0 Å². The van der Waals surface area contributed by atoms with Crippen molar-refractivity contribution in [2.75, 3.05) is 13.1 Å². The Labute approximate surface area is 109 Å². The van der Waals surface area contributed by atoms with E-state index in [2.05, 4.69) is 15.9 Å². The molecule has 1 aromatic heterocycles. The highest BCUT2D eigenvalue weighted by atomic mass is 79.9. The van der Waals surface area contributed by atoms with Gasteiger partial charge in [0, 0.05) is 22.8 Å². The Morgan fingerprint density at radius 2 is 2.31 bits per heavy atom. The predicted octanol–water partition coefficient (Wildman–Crippen LogP) is 2.47. The third kappa shape index (κ3) is 2.34. The van der Waals surface area contributed by atoms with E-state index in [1.807, 2.05) is 13.0 Å². The van der Waals surface area contributed by atoms with Crippen LogP contribution in [0.1, 0.15) is 18.2 Å². The van der Waals surface area contributed by atoms with Gasteiger partial charge in [0.15, 0.2) is 0 Å². The summed E-state index contributed by atoms with van der Waals surface area (Å²) in [5.41, 5.74) is 0. The number of sulfonamides is 1. The minimum Gasteiger partial charge on any atom is -0.206 e. The third-order valence-electron chi connectivity index (χ3n) is 2.67. The quantitative estimate of drug-likeness (QED) is 0.801. The minimum absolute atomic E-state index is 0.299. The molecule has 1 atom stereocenters. The van der Waals surface area contributed by atoms with Gasteiger partial charge in [0.1, 0.15) is 4.21 Å². The van der Waals surface area contributed by atoms with Crippen LogP contribution in [0.3, 0.4) is 0 Å². The second-order valence-corrected chi connectivity index (χ2v) is 8.45. The van der Waals surface area contributed by atoms with Crippen LogP contribution in [0.4, 0.5) is 0 Å². The van der Waals surface area contributed by atoms with Gasteiger partial charge in [0.05, 0.1) is 0 Å². The van der Waals surface area contributed by atoms with Crippen LogP contribution in [0.25, 0.3) is 0 Å². The van der Waals surface area contributed by atoms with Crippen LogP contribution in [0, 0.1) is 0 Å². The monoisotopic (exact) mass is 323 g/mol. The lowest BCUT2D eigenvalue weighted by molar-refractivity contribution is 0.480. The zero-order valence-corrected chi connectivity index (χ0v) is 12.2. The first-order valence-electron chi connectivity index (χ1n) is 5.27. The molecular weight excluding hydrogens is 310 g/mol. The van der Waals surface area contributed by atoms with Gasteiger partial charge in [-0.15, -0.1) is 11.3 Å². The van der Waals surface area contributed by atoms with Crippen LogP contribution < -0.4 is 0 Å². The Morgan fingerprint density at radius 1 is 1.56 bits per heavy atom. The zero-order chi connectivity index (χ0) is 11.8. The lowest BCUT2D eigenvalue weighted by Gasteiger charge is -2.13. The Kier molecular flexibility index (Phi) is 3.73. The first-order valence-corrected chi connectivity index (χ1v) is 8.44. The average Bonchev–Trinajstić information content (AvgIpc) is 2.85. The van der Waals surface area contributed by atoms with E-state index in [1.54, 1.807) is 10.4 Å². The van der Waals surface area contributed by atoms with E-state index >= 15 is 0 Å². The van der Waals surface area contributed by atoms with Gasteiger partial charge >= 0.3 is 0 Å². The SMILES string of the molecule is CCc1ccc(S(=O)(=O)N2CCC(Br)C2)s1. The van der Waals surface area contributed by atoms with E-state index in [0.717, 1.165) is 17.7 Å². The number of hydrogen-bond donors (Lipinski definition) is 0. The maximum Gasteiger partial charge on any atom is 0.252 e. The molecule has 1 fully saturated rings. The summed E-state index contributed by atoms with van der Waals surface area (Å²) in [5.74, 6) is 0. The molecule has 0 bridgehead atoms. The molecule has 2 heterocycles. The molecule has 16 heavy (non-hydrogen) atoms. The fourth-order valence-electron chi connectivity index (χ4n) is 1.72. The molecule has 0 aromatic carbocycles. The van der Waals surface area contributed by atoms with Crippen molar-refractivity contribution in [2.24, 2.45) is 0 Å². The summed E-state index contributed by atoms with van der Waals surface area (Å²) in [5, 5.41) is 0. The molecule has 1 aliphatic rings. The highest BCUT2D eigenvalue weighted by molar-refractivity contribution is 9.09. The van der Waals surface area contributed by atoms with E-state index in [1.165, 1.54) is 11.3 Å². The molecule has 6 heteroatoms. The van der Waals surface area contributed by atoms with Crippen LogP contribution in [0.2, 0.25) is 0 Å². The second kappa shape index (κ2) is 4.76. The zero-order valence-electron chi connectivity index (χ0n) is 9.02. The Bertz CT molecular complexity index is 469. The number of rotatable bonds is 3. The van der Waals surface area contributed by atoms with Crippen LogP contribution in [-0.2, 0) is 16.4 Å². The lowest BCUT2D eigenvalue weighted by atomic mass is 10.4. The van der Waals surface area contributed by atoms with E-state index in [9.17, 15) is 8.42 Å². The van der Waals surface area contributed by atoms with Gasteiger partial charge in [-0.1, -0.05) is 22.9 Å². The van der Waals surface area contributed by atoms with Crippen molar-refractivity contribution in [3.63, 3.8) is 0 Å². The largest absolute Gasteiger partial charge is 0.252 e. The van der Waals surface area contributed by atoms with Crippen LogP contribution in [0.15, 0.2) is 16.3 Å². The molecule has 90 valence electrons. The summed E-state index contributed by atoms with van der Waals surface area (Å²) in [6.07, 6.45) is 1.78. The second-order valence-electron chi connectivity index (χ2n) is 3.82. The molecule has 0 radical (unpaired) electrons. The normalized spacial score (nSPS) is 22.8. The Hall–Kier alpha value is 0.0900. The molecule has 0 saturated carbocycles. The van der Waals surface area contributed by atoms with Crippen molar-refractivity contribution in [2.45, 2.75) is 28.8 Å². The molecule has 3 nitrogen and oxygen atoms in total. The average molecular weight is 324 g/mol. The van der Waals surface area contributed by atoms with Gasteiger partial charge in [-0.3, -0.25) is 0 Å². The Balaban J connectivity index is 2.25. The molecule has 1 saturated heterocycles. The van der Waals surface area contributed by atoms with Crippen molar-refractivity contribution in [3.05, 3.63) is 17.0 Å². The molecule has 0 spiro atoms. The van der Waals surface area contributed by atoms with Gasteiger partial charge in [-0.2, -0.15) is 4.31 Å². The Morgan fingerprint density at radius 3 is 2.81 bits per heavy atom. The molecule has 0 aliphatic carbocycles. The van der Waals surface area contributed by atoms with Gasteiger partial charge in [-0.25, -0.2) is 8.42 Å². The van der Waals surface area contributed by atoms with Crippen molar-refractivity contribution >= 4 is 37.3 Å². The smallest absolute Gasteiger partial charge is 0.206 e. The molecular formula is C10H14BrNO2S2. The number of alkyl halides is 1. The first kappa shape index (κ1) is 12.5. The highest BCUT2D eigenvalue weighted by Gasteiger charge is 2.32. The van der Waals surface area contributed by atoms with E-state index in [4.69, 9.17) is 0 Å². The number of nitrogens with zero attached hydrogens (tertiary/aromatic N) is 1. The van der Waals surface area contributed by atoms with Gasteiger partial charge in [0.25, 0.3) is 10.0 Å². The summed E-state index contributed by atoms with van der Waals surface area (Å²) < 4.78 is 26.5. The van der Waals surface area contributed by atoms with Crippen molar-refractivity contribution in [1.29, 1.82) is 0 Å². The van der Waals surface area contributed by atoms with Crippen LogP contribution in [0.5, 0.6) is 0 Å². The maximum atomic E-state index is 12.2. The fourth-order valence-corrected chi connectivity index (χ4v) is 5.42. The van der Waals surface area contributed by atoms with Crippen LogP contribution in [-0.4, -0.2) is 30.6 Å². The molecule has 1 aromatic rings. The molecule has 1 aliphatic heterocycles. The standard InChI is InChI=1S/C10H14BrNO2S2/c1-2-9-3-4-10(15-9)16(13,14)12-6-5-8(11)7-12/h3-4,8H,2,5-7H2,1H3. The maximum absolute atomic E-state index is 12.2. The first-order chi connectivity index (χ1) is 7.54. The fraction of sp³-hybridized carbons (Fsp3) is 0.600. The van der Waals surface area contributed by atoms with Gasteiger partial charge < -0.3 is 0 Å². The molecule has 0 amide bonds.